The number of rotatable bonds is 0. The highest BCUT2D eigenvalue weighted by molar-refractivity contribution is 8.12. The summed E-state index contributed by atoms with van der Waals surface area (Å²) in [7, 11) is 0. The first-order valence-corrected chi connectivity index (χ1v) is 6.09. The van der Waals surface area contributed by atoms with Crippen molar-refractivity contribution in [1.82, 2.24) is 4.98 Å². The van der Waals surface area contributed by atoms with E-state index in [-0.39, 0.29) is 5.06 Å². The van der Waals surface area contributed by atoms with Crippen molar-refractivity contribution in [2.24, 2.45) is 4.99 Å². The lowest BCUT2D eigenvalue weighted by atomic mass is 10.2. The molecule has 3 rings (SSSR count). The number of aromatic nitrogens is 1. The summed E-state index contributed by atoms with van der Waals surface area (Å²) in [6.07, 6.45) is 3.52. The van der Waals surface area contributed by atoms with Gasteiger partial charge < -0.3 is 5.21 Å². The quantitative estimate of drug-likeness (QED) is 0.701. The number of para-hydroxylation sites is 1. The summed E-state index contributed by atoms with van der Waals surface area (Å²) in [5.74, 6) is 0. The molecule has 0 saturated heterocycles. The third-order valence-corrected chi connectivity index (χ3v) is 3.26. The van der Waals surface area contributed by atoms with E-state index < -0.39 is 0 Å². The van der Waals surface area contributed by atoms with Gasteiger partial charge in [0.1, 0.15) is 0 Å². The largest absolute Gasteiger partial charge is 0.622 e. The Hall–Kier alpha value is -1.43. The van der Waals surface area contributed by atoms with Crippen molar-refractivity contribution in [1.29, 1.82) is 0 Å². The maximum atomic E-state index is 12.1. The molecule has 2 heterocycles. The summed E-state index contributed by atoms with van der Waals surface area (Å²) in [5, 5.41) is 13.5. The van der Waals surface area contributed by atoms with Crippen LogP contribution in [0.1, 0.15) is 0 Å². The van der Waals surface area contributed by atoms with Crippen molar-refractivity contribution in [2.75, 3.05) is 6.26 Å². The van der Waals surface area contributed by atoms with E-state index in [1.807, 2.05) is 30.5 Å². The molecule has 1 aromatic heterocycles. The molecule has 16 heavy (non-hydrogen) atoms. The molecule has 2 aromatic rings. The number of fused-ring (bicyclic) bond motifs is 3. The van der Waals surface area contributed by atoms with Gasteiger partial charge in [0.05, 0.1) is 17.1 Å². The van der Waals surface area contributed by atoms with Crippen LogP contribution in [0.25, 0.3) is 10.9 Å². The lowest BCUT2D eigenvalue weighted by molar-refractivity contribution is -0.657. The molecule has 4 nitrogen and oxygen atoms in total. The third-order valence-electron chi connectivity index (χ3n) is 2.59. The highest BCUT2D eigenvalue weighted by atomic mass is 32.2. The molecular weight excluding hydrogens is 222 g/mol. The normalized spacial score (nSPS) is 18.6. The first kappa shape index (κ1) is 9.77. The van der Waals surface area contributed by atoms with Crippen LogP contribution in [0.2, 0.25) is 0 Å². The molecule has 80 valence electrons. The van der Waals surface area contributed by atoms with Crippen LogP contribution in [0.5, 0.6) is 0 Å². The van der Waals surface area contributed by atoms with Gasteiger partial charge in [0.2, 0.25) is 0 Å². The third kappa shape index (κ3) is 1.26. The summed E-state index contributed by atoms with van der Waals surface area (Å²) in [6, 6.07) is 7.64. The minimum atomic E-state index is 0.0149. The second kappa shape index (κ2) is 3.55. The van der Waals surface area contributed by atoms with E-state index in [1.165, 1.54) is 11.8 Å². The van der Waals surface area contributed by atoms with E-state index in [0.717, 1.165) is 10.9 Å². The number of quaternary nitrogens is 1. The van der Waals surface area contributed by atoms with Gasteiger partial charge in [0, 0.05) is 0 Å². The Bertz CT molecular complexity index is 597. The van der Waals surface area contributed by atoms with E-state index in [0.29, 0.717) is 16.5 Å². The number of amidine groups is 1. The summed E-state index contributed by atoms with van der Waals surface area (Å²) >= 11 is 1.38. The lowest BCUT2D eigenvalue weighted by Crippen LogP contribution is -3.03. The van der Waals surface area contributed by atoms with Gasteiger partial charge in [-0.25, -0.2) is 0 Å². The van der Waals surface area contributed by atoms with Crippen molar-refractivity contribution < 1.29 is 5.06 Å². The number of benzene rings is 1. The van der Waals surface area contributed by atoms with Gasteiger partial charge in [-0.2, -0.15) is 4.99 Å². The van der Waals surface area contributed by atoms with E-state index in [4.69, 9.17) is 0 Å². The Morgan fingerprint density at radius 1 is 1.31 bits per heavy atom. The predicted molar refractivity (Wildman–Crippen MR) is 66.3 cm³/mol. The van der Waals surface area contributed by atoms with Crippen molar-refractivity contribution in [2.45, 2.75) is 0 Å². The second-order valence-corrected chi connectivity index (χ2v) is 4.28. The number of hydrogen-bond acceptors (Lipinski definition) is 4. The van der Waals surface area contributed by atoms with E-state index >= 15 is 0 Å². The van der Waals surface area contributed by atoms with Crippen LogP contribution in [0.4, 0.5) is 11.4 Å². The molecular formula is C11H9N3OS. The molecule has 0 amide bonds. The van der Waals surface area contributed by atoms with Crippen LogP contribution in [0.15, 0.2) is 35.5 Å². The van der Waals surface area contributed by atoms with E-state index in [9.17, 15) is 5.21 Å². The summed E-state index contributed by atoms with van der Waals surface area (Å²) in [4.78, 5) is 8.56. The molecule has 0 radical (unpaired) electrons. The zero-order valence-electron chi connectivity index (χ0n) is 8.60. The van der Waals surface area contributed by atoms with Crippen molar-refractivity contribution in [3.8, 4) is 0 Å². The van der Waals surface area contributed by atoms with Gasteiger partial charge >= 0.3 is 0 Å². The predicted octanol–water partition coefficient (Wildman–Crippen LogP) is 1.61. The first-order chi connectivity index (χ1) is 7.81. The summed E-state index contributed by atoms with van der Waals surface area (Å²) in [5.41, 5.74) is 2.22. The molecule has 1 unspecified atom stereocenters. The van der Waals surface area contributed by atoms with Gasteiger partial charge in [-0.1, -0.05) is 12.1 Å². The van der Waals surface area contributed by atoms with Crippen LogP contribution in [-0.2, 0) is 0 Å². The molecule has 0 saturated carbocycles. The number of nitrogens with one attached hydrogen (secondary N) is 1. The number of hydrogen-bond donors (Lipinski definition) is 1. The van der Waals surface area contributed by atoms with Crippen LogP contribution in [0, 0.1) is 5.21 Å². The first-order valence-electron chi connectivity index (χ1n) is 4.86. The Morgan fingerprint density at radius 3 is 2.94 bits per heavy atom. The smallest absolute Gasteiger partial charge is 0.267 e. The Kier molecular flexibility index (Phi) is 2.17. The van der Waals surface area contributed by atoms with Gasteiger partial charge in [0.25, 0.3) is 5.17 Å². The van der Waals surface area contributed by atoms with E-state index in [2.05, 4.69) is 9.98 Å². The van der Waals surface area contributed by atoms with Gasteiger partial charge in [-0.05, 0) is 30.2 Å². The Balaban J connectivity index is 2.30. The molecule has 0 spiro atoms. The summed E-state index contributed by atoms with van der Waals surface area (Å²) < 4.78 is 0. The fourth-order valence-electron chi connectivity index (χ4n) is 1.86. The van der Waals surface area contributed by atoms with Crippen LogP contribution < -0.4 is 5.06 Å². The monoisotopic (exact) mass is 231 g/mol. The zero-order chi connectivity index (χ0) is 11.1. The fourth-order valence-corrected chi connectivity index (χ4v) is 2.34. The van der Waals surface area contributed by atoms with Crippen molar-refractivity contribution >= 4 is 39.2 Å². The van der Waals surface area contributed by atoms with Crippen LogP contribution in [0.3, 0.4) is 0 Å². The molecule has 1 N–H and O–H groups in total. The Labute approximate surface area is 96.6 Å². The molecule has 0 fully saturated rings. The van der Waals surface area contributed by atoms with Crippen molar-refractivity contribution in [3.05, 3.63) is 35.7 Å². The highest BCUT2D eigenvalue weighted by Gasteiger charge is 2.26. The molecule has 0 bridgehead atoms. The maximum absolute atomic E-state index is 12.1. The number of thioether (sulfide) groups is 1. The zero-order valence-corrected chi connectivity index (χ0v) is 9.41. The number of pyridine rings is 1. The minimum absolute atomic E-state index is 0.0149. The molecule has 5 heteroatoms. The molecule has 1 aromatic carbocycles. The van der Waals surface area contributed by atoms with Crippen molar-refractivity contribution in [3.63, 3.8) is 0 Å². The average Bonchev–Trinajstić information content (AvgIpc) is 2.66. The SMILES string of the molecule is CSC1=Nc2cnc3ccccc3c2[NH+]1[O-]. The van der Waals surface area contributed by atoms with Crippen LogP contribution in [-0.4, -0.2) is 16.4 Å². The number of nitrogens with zero attached hydrogens (tertiary/aromatic N) is 2. The lowest BCUT2D eigenvalue weighted by Gasteiger charge is -2.17. The van der Waals surface area contributed by atoms with Gasteiger partial charge in [-0.3, -0.25) is 10.0 Å². The molecule has 0 aliphatic carbocycles. The highest BCUT2D eigenvalue weighted by Crippen LogP contribution is 2.32. The van der Waals surface area contributed by atoms with Gasteiger partial charge in [-0.15, -0.1) is 0 Å². The van der Waals surface area contributed by atoms with Gasteiger partial charge in [0.15, 0.2) is 11.4 Å². The summed E-state index contributed by atoms with van der Waals surface area (Å²) in [6.45, 7) is 0. The molecule has 1 atom stereocenters. The standard InChI is InChI=1S/C11H9N3OS/c1-16-11-13-9-6-12-8-5-3-2-4-7(8)10(9)14(11)15/h2-6,14H,1H3. The number of hydroxylamine groups is 1. The minimum Gasteiger partial charge on any atom is -0.622 e. The molecule has 1 aliphatic rings. The average molecular weight is 231 g/mol. The fraction of sp³-hybridized carbons (Fsp3) is 0.0909. The Morgan fingerprint density at radius 2 is 2.12 bits per heavy atom. The van der Waals surface area contributed by atoms with Crippen LogP contribution >= 0.6 is 11.8 Å². The number of aliphatic imine (C=N–C) groups is 1. The maximum Gasteiger partial charge on any atom is 0.267 e. The topological polar surface area (TPSA) is 52.8 Å². The molecule has 1 aliphatic heterocycles. The second-order valence-electron chi connectivity index (χ2n) is 3.49. The van der Waals surface area contributed by atoms with E-state index in [1.54, 1.807) is 6.20 Å².